The minimum Gasteiger partial charge on any atom is -0.313 e. The standard InChI is InChI=1S/C6H7N3O2S/c1-12(11)6-2-7-4-9(6)3-5(10)8-12/h2,4H,3H2,1H3. The summed E-state index contributed by atoms with van der Waals surface area (Å²) in [7, 11) is -2.52. The van der Waals surface area contributed by atoms with Gasteiger partial charge in [-0.25, -0.2) is 9.19 Å². The van der Waals surface area contributed by atoms with Gasteiger partial charge in [0.2, 0.25) is 0 Å². The zero-order valence-electron chi connectivity index (χ0n) is 6.43. The third kappa shape index (κ3) is 0.953. The van der Waals surface area contributed by atoms with Crippen LogP contribution in [0.3, 0.4) is 0 Å². The van der Waals surface area contributed by atoms with Crippen LogP contribution < -0.4 is 0 Å². The lowest BCUT2D eigenvalue weighted by atomic mass is 10.6. The van der Waals surface area contributed by atoms with Gasteiger partial charge in [-0.1, -0.05) is 0 Å². The van der Waals surface area contributed by atoms with E-state index in [-0.39, 0.29) is 12.5 Å². The molecule has 1 aromatic rings. The molecular weight excluding hydrogens is 178 g/mol. The largest absolute Gasteiger partial charge is 0.313 e. The number of hydrogen-bond donors (Lipinski definition) is 0. The van der Waals surface area contributed by atoms with Gasteiger partial charge in [-0.2, -0.15) is 4.36 Å². The quantitative estimate of drug-likeness (QED) is 0.566. The molecule has 0 radical (unpaired) electrons. The molecule has 1 aliphatic rings. The van der Waals surface area contributed by atoms with E-state index in [4.69, 9.17) is 0 Å². The number of imidazole rings is 1. The average Bonchev–Trinajstić information content (AvgIpc) is 2.32. The van der Waals surface area contributed by atoms with Crippen LogP contribution in [0.5, 0.6) is 0 Å². The molecule has 6 heteroatoms. The summed E-state index contributed by atoms with van der Waals surface area (Å²) in [5, 5.41) is 0.530. The summed E-state index contributed by atoms with van der Waals surface area (Å²) in [5.74, 6) is -0.354. The van der Waals surface area contributed by atoms with Crippen molar-refractivity contribution in [2.24, 2.45) is 4.36 Å². The van der Waals surface area contributed by atoms with E-state index in [0.29, 0.717) is 5.03 Å². The van der Waals surface area contributed by atoms with Gasteiger partial charge in [0.25, 0.3) is 5.91 Å². The maximum absolute atomic E-state index is 11.7. The zero-order valence-corrected chi connectivity index (χ0v) is 7.24. The van der Waals surface area contributed by atoms with Crippen LogP contribution in [-0.4, -0.2) is 25.9 Å². The molecule has 0 N–H and O–H groups in total. The molecule has 0 saturated carbocycles. The number of carbonyl (C=O) groups is 1. The summed E-state index contributed by atoms with van der Waals surface area (Å²) in [6.07, 6.45) is 4.42. The number of hydrogen-bond acceptors (Lipinski definition) is 3. The summed E-state index contributed by atoms with van der Waals surface area (Å²) in [6.45, 7) is 0.153. The summed E-state index contributed by atoms with van der Waals surface area (Å²) >= 11 is 0. The monoisotopic (exact) mass is 185 g/mol. The Kier molecular flexibility index (Phi) is 1.35. The second-order valence-corrected chi connectivity index (χ2v) is 4.85. The highest BCUT2D eigenvalue weighted by Crippen LogP contribution is 2.15. The van der Waals surface area contributed by atoms with Crippen LogP contribution >= 0.6 is 0 Å². The predicted octanol–water partition coefficient (Wildman–Crippen LogP) is -0.120. The molecule has 0 saturated heterocycles. The fourth-order valence-electron chi connectivity index (χ4n) is 1.16. The Balaban J connectivity index is 2.77. The fourth-order valence-corrected chi connectivity index (χ4v) is 2.50. The Morgan fingerprint density at radius 3 is 3.17 bits per heavy atom. The molecule has 1 aromatic heterocycles. The van der Waals surface area contributed by atoms with Crippen molar-refractivity contribution in [1.82, 2.24) is 9.55 Å². The van der Waals surface area contributed by atoms with Gasteiger partial charge in [-0.3, -0.25) is 4.79 Å². The first-order valence-corrected chi connectivity index (χ1v) is 5.27. The molecule has 0 spiro atoms. The van der Waals surface area contributed by atoms with E-state index in [1.807, 2.05) is 0 Å². The number of aromatic nitrogens is 2. The van der Waals surface area contributed by atoms with E-state index in [1.165, 1.54) is 18.8 Å². The maximum Gasteiger partial charge on any atom is 0.274 e. The van der Waals surface area contributed by atoms with Crippen molar-refractivity contribution in [3.05, 3.63) is 12.5 Å². The molecule has 64 valence electrons. The first-order chi connectivity index (χ1) is 5.59. The summed E-state index contributed by atoms with van der Waals surface area (Å²) in [6, 6.07) is 0. The first-order valence-electron chi connectivity index (χ1n) is 3.35. The smallest absolute Gasteiger partial charge is 0.274 e. The van der Waals surface area contributed by atoms with Crippen molar-refractivity contribution in [3.8, 4) is 0 Å². The van der Waals surface area contributed by atoms with Gasteiger partial charge in [-0.05, 0) is 0 Å². The van der Waals surface area contributed by atoms with Gasteiger partial charge < -0.3 is 4.57 Å². The van der Waals surface area contributed by atoms with Crippen molar-refractivity contribution >= 4 is 15.6 Å². The molecule has 1 unspecified atom stereocenters. The summed E-state index contributed by atoms with van der Waals surface area (Å²) < 4.78 is 16.8. The molecule has 1 aliphatic heterocycles. The van der Waals surface area contributed by atoms with Gasteiger partial charge in [0.05, 0.1) is 22.3 Å². The van der Waals surface area contributed by atoms with Crippen LogP contribution in [0.15, 0.2) is 21.9 Å². The molecule has 0 aliphatic carbocycles. The predicted molar refractivity (Wildman–Crippen MR) is 42.0 cm³/mol. The van der Waals surface area contributed by atoms with Gasteiger partial charge in [0, 0.05) is 6.26 Å². The zero-order chi connectivity index (χ0) is 8.77. The van der Waals surface area contributed by atoms with Crippen LogP contribution in [0.1, 0.15) is 0 Å². The normalized spacial score (nSPS) is 27.9. The minimum absolute atomic E-state index is 0.153. The highest BCUT2D eigenvalue weighted by atomic mass is 32.2. The third-order valence-electron chi connectivity index (χ3n) is 1.64. The molecule has 1 amide bonds. The lowest BCUT2D eigenvalue weighted by Gasteiger charge is -2.11. The minimum atomic E-state index is -2.52. The first kappa shape index (κ1) is 7.48. The number of rotatable bonds is 0. The van der Waals surface area contributed by atoms with E-state index < -0.39 is 9.73 Å². The fraction of sp³-hybridized carbons (Fsp3) is 0.333. The van der Waals surface area contributed by atoms with Crippen LogP contribution in [0, 0.1) is 0 Å². The molecule has 2 rings (SSSR count). The van der Waals surface area contributed by atoms with Gasteiger partial charge in [0.15, 0.2) is 0 Å². The molecule has 1 atom stereocenters. The SMILES string of the molecule is CS1(=O)=NC(=O)Cn2cncc21. The van der Waals surface area contributed by atoms with Crippen LogP contribution in [0.25, 0.3) is 0 Å². The average molecular weight is 185 g/mol. The number of carbonyl (C=O) groups excluding carboxylic acids is 1. The third-order valence-corrected chi connectivity index (χ3v) is 3.31. The Morgan fingerprint density at radius 2 is 2.42 bits per heavy atom. The van der Waals surface area contributed by atoms with Gasteiger partial charge in [-0.15, -0.1) is 0 Å². The van der Waals surface area contributed by atoms with Crippen LogP contribution in [0.2, 0.25) is 0 Å². The Bertz CT molecular complexity index is 453. The van der Waals surface area contributed by atoms with E-state index in [9.17, 15) is 9.00 Å². The van der Waals surface area contributed by atoms with Crippen molar-refractivity contribution in [3.63, 3.8) is 0 Å². The lowest BCUT2D eigenvalue weighted by Crippen LogP contribution is -2.19. The topological polar surface area (TPSA) is 64.3 Å². The lowest BCUT2D eigenvalue weighted by molar-refractivity contribution is -0.118. The molecular formula is C6H7N3O2S. The molecule has 0 fully saturated rings. The summed E-state index contributed by atoms with van der Waals surface area (Å²) in [4.78, 5) is 14.8. The number of fused-ring (bicyclic) bond motifs is 1. The van der Waals surface area contributed by atoms with Crippen molar-refractivity contribution in [2.75, 3.05) is 6.26 Å². The van der Waals surface area contributed by atoms with Gasteiger partial charge in [0.1, 0.15) is 11.6 Å². The molecule has 0 bridgehead atoms. The molecule has 5 nitrogen and oxygen atoms in total. The van der Waals surface area contributed by atoms with E-state index in [2.05, 4.69) is 9.35 Å². The van der Waals surface area contributed by atoms with E-state index in [0.717, 1.165) is 0 Å². The molecule has 2 heterocycles. The second kappa shape index (κ2) is 2.16. The highest BCUT2D eigenvalue weighted by Gasteiger charge is 2.20. The maximum atomic E-state index is 11.7. The molecule has 0 aromatic carbocycles. The van der Waals surface area contributed by atoms with Crippen molar-refractivity contribution in [1.29, 1.82) is 0 Å². The number of amides is 1. The van der Waals surface area contributed by atoms with Crippen molar-refractivity contribution < 1.29 is 9.00 Å². The van der Waals surface area contributed by atoms with E-state index >= 15 is 0 Å². The van der Waals surface area contributed by atoms with Crippen molar-refractivity contribution in [2.45, 2.75) is 11.6 Å². The van der Waals surface area contributed by atoms with Crippen LogP contribution in [-0.2, 0) is 21.1 Å². The highest BCUT2D eigenvalue weighted by molar-refractivity contribution is 7.93. The Morgan fingerprint density at radius 1 is 1.67 bits per heavy atom. The number of nitrogens with zero attached hydrogens (tertiary/aromatic N) is 3. The summed E-state index contributed by atoms with van der Waals surface area (Å²) in [5.41, 5.74) is 0. The van der Waals surface area contributed by atoms with Gasteiger partial charge >= 0.3 is 0 Å². The Labute approximate surface area is 69.6 Å². The second-order valence-electron chi connectivity index (χ2n) is 2.65. The Hall–Kier alpha value is -1.17. The van der Waals surface area contributed by atoms with Crippen LogP contribution in [0.4, 0.5) is 0 Å². The molecule has 12 heavy (non-hydrogen) atoms. The van der Waals surface area contributed by atoms with E-state index in [1.54, 1.807) is 4.57 Å².